The molecule has 2 heterocycles. The summed E-state index contributed by atoms with van der Waals surface area (Å²) in [5, 5.41) is 8.38. The zero-order valence-electron chi connectivity index (χ0n) is 13.9. The highest BCUT2D eigenvalue weighted by Crippen LogP contribution is 2.23. The fourth-order valence-electron chi connectivity index (χ4n) is 2.36. The number of nitrogens with zero attached hydrogens (tertiary/aromatic N) is 5. The molecule has 0 saturated carbocycles. The Morgan fingerprint density at radius 3 is 2.56 bits per heavy atom. The molecule has 132 valence electrons. The van der Waals surface area contributed by atoms with Crippen LogP contribution in [0.15, 0.2) is 36.4 Å². The average Bonchev–Trinajstić information content (AvgIpc) is 3.20. The number of hydrogen-bond acceptors (Lipinski definition) is 6. The minimum atomic E-state index is 0.549. The zero-order valence-corrected chi connectivity index (χ0v) is 16.3. The molecule has 0 fully saturated rings. The van der Waals surface area contributed by atoms with E-state index in [-0.39, 0.29) is 0 Å². The molecule has 0 N–H and O–H groups in total. The molecule has 0 saturated heterocycles. The van der Waals surface area contributed by atoms with Crippen LogP contribution in [0.5, 0.6) is 5.75 Å². The van der Waals surface area contributed by atoms with Gasteiger partial charge in [0, 0.05) is 11.4 Å². The van der Waals surface area contributed by atoms with Gasteiger partial charge in [-0.05, 0) is 65.6 Å². The van der Waals surface area contributed by atoms with E-state index in [1.807, 2.05) is 36.4 Å². The lowest BCUT2D eigenvalue weighted by atomic mass is 10.3. The molecule has 0 unspecified atom stereocenters. The lowest BCUT2D eigenvalue weighted by Crippen LogP contribution is -2.26. The minimum Gasteiger partial charge on any atom is -0.497 e. The molecule has 0 radical (unpaired) electrons. The average molecular weight is 396 g/mol. The summed E-state index contributed by atoms with van der Waals surface area (Å²) >= 11 is 13.1. The van der Waals surface area contributed by atoms with Crippen LogP contribution in [0.1, 0.15) is 11.8 Å². The molecule has 25 heavy (non-hydrogen) atoms. The number of methoxy groups -OCH3 is 1. The van der Waals surface area contributed by atoms with Crippen molar-refractivity contribution < 1.29 is 4.74 Å². The second-order valence-corrected chi connectivity index (χ2v) is 7.53. The van der Waals surface area contributed by atoms with Crippen molar-refractivity contribution in [3.63, 3.8) is 0 Å². The highest BCUT2D eigenvalue weighted by atomic mass is 35.5. The van der Waals surface area contributed by atoms with Crippen LogP contribution in [0.4, 0.5) is 0 Å². The number of thiophene rings is 1. The molecule has 0 aliphatic heterocycles. The summed E-state index contributed by atoms with van der Waals surface area (Å²) in [7, 11) is 1.64. The van der Waals surface area contributed by atoms with Gasteiger partial charge in [0.15, 0.2) is 0 Å². The number of halogens is 1. The van der Waals surface area contributed by atoms with Crippen molar-refractivity contribution in [1.29, 1.82) is 0 Å². The van der Waals surface area contributed by atoms with Gasteiger partial charge in [-0.25, -0.2) is 4.68 Å². The van der Waals surface area contributed by atoms with Crippen LogP contribution in [0, 0.1) is 4.77 Å². The largest absolute Gasteiger partial charge is 0.497 e. The second-order valence-electron chi connectivity index (χ2n) is 5.36. The van der Waals surface area contributed by atoms with E-state index >= 15 is 0 Å². The Morgan fingerprint density at radius 1 is 1.20 bits per heavy atom. The van der Waals surface area contributed by atoms with Gasteiger partial charge in [-0.15, -0.1) is 11.3 Å². The number of rotatable bonds is 7. The normalized spacial score (nSPS) is 11.2. The van der Waals surface area contributed by atoms with E-state index in [4.69, 9.17) is 28.6 Å². The summed E-state index contributed by atoms with van der Waals surface area (Å²) in [5.41, 5.74) is 0.852. The molecular formula is C16H18ClN5OS2. The predicted molar refractivity (Wildman–Crippen MR) is 102 cm³/mol. The quantitative estimate of drug-likeness (QED) is 0.566. The van der Waals surface area contributed by atoms with Crippen LogP contribution in [0.2, 0.25) is 4.34 Å². The summed E-state index contributed by atoms with van der Waals surface area (Å²) in [6.07, 6.45) is 0. The van der Waals surface area contributed by atoms with Crippen LogP contribution < -0.4 is 4.74 Å². The van der Waals surface area contributed by atoms with Crippen LogP contribution in [-0.4, -0.2) is 38.3 Å². The van der Waals surface area contributed by atoms with E-state index in [1.165, 1.54) is 4.88 Å². The maximum Gasteiger partial charge on any atom is 0.221 e. The Balaban J connectivity index is 1.76. The van der Waals surface area contributed by atoms with Crippen LogP contribution in [-0.2, 0) is 13.2 Å². The lowest BCUT2D eigenvalue weighted by molar-refractivity contribution is 0.207. The first-order chi connectivity index (χ1) is 12.1. The molecule has 0 bridgehead atoms. The van der Waals surface area contributed by atoms with Gasteiger partial charge in [-0.3, -0.25) is 4.90 Å². The van der Waals surface area contributed by atoms with E-state index in [0.29, 0.717) is 11.4 Å². The summed E-state index contributed by atoms with van der Waals surface area (Å²) in [6.45, 7) is 4.34. The summed E-state index contributed by atoms with van der Waals surface area (Å²) in [4.78, 5) is 3.44. The van der Waals surface area contributed by atoms with Gasteiger partial charge in [-0.2, -0.15) is 4.68 Å². The van der Waals surface area contributed by atoms with E-state index in [1.54, 1.807) is 27.8 Å². The minimum absolute atomic E-state index is 0.549. The third-order valence-electron chi connectivity index (χ3n) is 3.75. The molecule has 1 aromatic carbocycles. The van der Waals surface area contributed by atoms with Crippen molar-refractivity contribution in [2.45, 2.75) is 20.1 Å². The first-order valence-corrected chi connectivity index (χ1v) is 9.34. The maximum absolute atomic E-state index is 6.01. The van der Waals surface area contributed by atoms with Crippen molar-refractivity contribution >= 4 is 35.2 Å². The van der Waals surface area contributed by atoms with E-state index in [9.17, 15) is 0 Å². The number of ether oxygens (including phenoxy) is 1. The van der Waals surface area contributed by atoms with Crippen LogP contribution in [0.25, 0.3) is 5.69 Å². The third kappa shape index (κ3) is 4.27. The predicted octanol–water partition coefficient (Wildman–Crippen LogP) is 4.00. The van der Waals surface area contributed by atoms with Crippen molar-refractivity contribution in [3.8, 4) is 11.4 Å². The molecule has 0 amide bonds. The van der Waals surface area contributed by atoms with Gasteiger partial charge in [0.1, 0.15) is 5.75 Å². The van der Waals surface area contributed by atoms with Gasteiger partial charge in [0.05, 0.1) is 23.8 Å². The molecule has 0 spiro atoms. The molecule has 2 aromatic heterocycles. The third-order valence-corrected chi connectivity index (χ3v) is 5.35. The van der Waals surface area contributed by atoms with Crippen molar-refractivity contribution in [1.82, 2.24) is 24.7 Å². The van der Waals surface area contributed by atoms with E-state index in [0.717, 1.165) is 28.9 Å². The van der Waals surface area contributed by atoms with E-state index < -0.39 is 0 Å². The summed E-state index contributed by atoms with van der Waals surface area (Å²) in [5.74, 6) is 0.787. The highest BCUT2D eigenvalue weighted by Gasteiger charge is 2.11. The monoisotopic (exact) mass is 395 g/mol. The van der Waals surface area contributed by atoms with Crippen molar-refractivity contribution in [2.24, 2.45) is 0 Å². The Hall–Kier alpha value is -1.74. The molecule has 3 rings (SSSR count). The number of hydrogen-bond donors (Lipinski definition) is 0. The van der Waals surface area contributed by atoms with Gasteiger partial charge in [-0.1, -0.05) is 18.5 Å². The molecule has 0 aliphatic rings. The molecule has 9 heteroatoms. The first-order valence-electron chi connectivity index (χ1n) is 7.74. The second kappa shape index (κ2) is 8.09. The maximum atomic E-state index is 6.01. The standard InChI is InChI=1S/C16H18ClN5OS2/c1-3-20(10-14-8-9-15(17)25-14)11-21-16(24)22(19-18-21)12-4-6-13(23-2)7-5-12/h4-9H,3,10-11H2,1-2H3. The van der Waals surface area contributed by atoms with Gasteiger partial charge >= 0.3 is 0 Å². The Labute approximate surface area is 160 Å². The van der Waals surface area contributed by atoms with Gasteiger partial charge in [0.25, 0.3) is 0 Å². The Morgan fingerprint density at radius 2 is 1.96 bits per heavy atom. The number of aromatic nitrogens is 4. The zero-order chi connectivity index (χ0) is 17.8. The van der Waals surface area contributed by atoms with Crippen LogP contribution in [0.3, 0.4) is 0 Å². The fraction of sp³-hybridized carbons (Fsp3) is 0.312. The van der Waals surface area contributed by atoms with Crippen molar-refractivity contribution in [3.05, 3.63) is 50.4 Å². The molecular weight excluding hydrogens is 378 g/mol. The van der Waals surface area contributed by atoms with Crippen molar-refractivity contribution in [2.75, 3.05) is 13.7 Å². The summed E-state index contributed by atoms with van der Waals surface area (Å²) < 4.78 is 9.89. The van der Waals surface area contributed by atoms with E-state index in [2.05, 4.69) is 22.3 Å². The number of benzene rings is 1. The Bertz CT molecular complexity index is 887. The highest BCUT2D eigenvalue weighted by molar-refractivity contribution is 7.71. The Kier molecular flexibility index (Phi) is 5.85. The molecule has 6 nitrogen and oxygen atoms in total. The van der Waals surface area contributed by atoms with Gasteiger partial charge in [0.2, 0.25) is 4.77 Å². The molecule has 0 aliphatic carbocycles. The molecule has 0 atom stereocenters. The van der Waals surface area contributed by atoms with Gasteiger partial charge < -0.3 is 4.74 Å². The SMILES string of the molecule is CCN(Cc1ccc(Cl)s1)Cn1nnn(-c2ccc(OC)cc2)c1=S. The molecule has 3 aromatic rings. The lowest BCUT2D eigenvalue weighted by Gasteiger charge is -2.18. The smallest absolute Gasteiger partial charge is 0.221 e. The fourth-order valence-corrected chi connectivity index (χ4v) is 3.72. The topological polar surface area (TPSA) is 48.1 Å². The number of tetrazole rings is 1. The summed E-state index contributed by atoms with van der Waals surface area (Å²) in [6, 6.07) is 11.5. The van der Waals surface area contributed by atoms with Crippen LogP contribution >= 0.6 is 35.2 Å². The first kappa shape index (κ1) is 18.1.